The molecule has 96 valence electrons. The molecule has 0 radical (unpaired) electrons. The molecule has 0 unspecified atom stereocenters. The van der Waals surface area contributed by atoms with E-state index in [4.69, 9.17) is 16.0 Å². The molecular weight excluding hydrogens is 258 g/mol. The first-order chi connectivity index (χ1) is 9.26. The fourth-order valence-electron chi connectivity index (χ4n) is 2.13. The Labute approximate surface area is 117 Å². The van der Waals surface area contributed by atoms with Crippen molar-refractivity contribution in [1.82, 2.24) is 4.98 Å². The fraction of sp³-hybridized carbons (Fsp3) is 0.188. The summed E-state index contributed by atoms with van der Waals surface area (Å²) in [7, 11) is 0. The topological polar surface area (TPSA) is 26.0 Å². The third-order valence-electron chi connectivity index (χ3n) is 3.08. The minimum atomic E-state index is 0.639. The number of rotatable bonds is 3. The molecule has 1 aromatic heterocycles. The van der Waals surface area contributed by atoms with E-state index < -0.39 is 0 Å². The zero-order chi connectivity index (χ0) is 13.2. The maximum Gasteiger partial charge on any atom is 0.227 e. The molecule has 2 nitrogen and oxygen atoms in total. The third kappa shape index (κ3) is 2.49. The summed E-state index contributed by atoms with van der Waals surface area (Å²) in [4.78, 5) is 4.55. The number of hydrogen-bond acceptors (Lipinski definition) is 2. The summed E-state index contributed by atoms with van der Waals surface area (Å²) in [5, 5.41) is 0.713. The van der Waals surface area contributed by atoms with Crippen molar-refractivity contribution in [1.29, 1.82) is 0 Å². The van der Waals surface area contributed by atoms with E-state index in [2.05, 4.69) is 24.0 Å². The van der Waals surface area contributed by atoms with E-state index in [0.29, 0.717) is 10.9 Å². The Bertz CT molecular complexity index is 700. The lowest BCUT2D eigenvalue weighted by atomic mass is 10.1. The maximum absolute atomic E-state index is 5.88. The molecule has 0 fully saturated rings. The van der Waals surface area contributed by atoms with Crippen LogP contribution >= 0.6 is 11.6 Å². The Hall–Kier alpha value is -1.80. The van der Waals surface area contributed by atoms with Gasteiger partial charge >= 0.3 is 0 Å². The van der Waals surface area contributed by atoms with E-state index in [-0.39, 0.29) is 0 Å². The molecule has 0 bridgehead atoms. The molecule has 0 amide bonds. The van der Waals surface area contributed by atoms with Crippen molar-refractivity contribution < 1.29 is 4.42 Å². The Morgan fingerprint density at radius 3 is 2.63 bits per heavy atom. The highest BCUT2D eigenvalue weighted by molar-refractivity contribution is 6.30. The quantitative estimate of drug-likeness (QED) is 0.662. The smallest absolute Gasteiger partial charge is 0.227 e. The summed E-state index contributed by atoms with van der Waals surface area (Å²) in [6.07, 6.45) is 2.20. The molecule has 3 rings (SSSR count). The molecule has 3 aromatic rings. The number of nitrogens with zero attached hydrogens (tertiary/aromatic N) is 1. The highest BCUT2D eigenvalue weighted by Crippen LogP contribution is 2.26. The van der Waals surface area contributed by atoms with Crippen LogP contribution in [-0.2, 0) is 6.42 Å². The Balaban J connectivity index is 2.03. The van der Waals surface area contributed by atoms with Crippen LogP contribution in [0.3, 0.4) is 0 Å². The lowest BCUT2D eigenvalue weighted by Crippen LogP contribution is -1.82. The van der Waals surface area contributed by atoms with Gasteiger partial charge in [0.05, 0.1) is 0 Å². The van der Waals surface area contributed by atoms with Gasteiger partial charge in [0.25, 0.3) is 0 Å². The summed E-state index contributed by atoms with van der Waals surface area (Å²) >= 11 is 5.88. The van der Waals surface area contributed by atoms with Crippen LogP contribution in [0.25, 0.3) is 22.6 Å². The molecular formula is C16H14ClNO. The average Bonchev–Trinajstić information content (AvgIpc) is 2.83. The van der Waals surface area contributed by atoms with Gasteiger partial charge in [0.2, 0.25) is 5.89 Å². The van der Waals surface area contributed by atoms with E-state index in [1.54, 1.807) is 0 Å². The number of aromatic nitrogens is 1. The summed E-state index contributed by atoms with van der Waals surface area (Å²) in [6.45, 7) is 2.17. The van der Waals surface area contributed by atoms with Crippen molar-refractivity contribution in [2.24, 2.45) is 0 Å². The van der Waals surface area contributed by atoms with Gasteiger partial charge in [-0.2, -0.15) is 0 Å². The first-order valence-electron chi connectivity index (χ1n) is 6.41. The van der Waals surface area contributed by atoms with Crippen molar-refractivity contribution >= 4 is 22.7 Å². The highest BCUT2D eigenvalue weighted by atomic mass is 35.5. The van der Waals surface area contributed by atoms with Gasteiger partial charge in [0, 0.05) is 10.6 Å². The number of oxazole rings is 1. The Morgan fingerprint density at radius 2 is 1.89 bits per heavy atom. The lowest BCUT2D eigenvalue weighted by Gasteiger charge is -1.95. The average molecular weight is 272 g/mol. The normalized spacial score (nSPS) is 11.1. The molecule has 3 heteroatoms. The molecule has 0 aliphatic heterocycles. The van der Waals surface area contributed by atoms with Crippen molar-refractivity contribution in [3.63, 3.8) is 0 Å². The van der Waals surface area contributed by atoms with Crippen molar-refractivity contribution in [2.45, 2.75) is 19.8 Å². The van der Waals surface area contributed by atoms with Crippen molar-refractivity contribution in [3.05, 3.63) is 53.1 Å². The second kappa shape index (κ2) is 5.06. The largest absolute Gasteiger partial charge is 0.436 e. The van der Waals surface area contributed by atoms with Crippen LogP contribution in [0.1, 0.15) is 18.9 Å². The molecule has 2 aromatic carbocycles. The first kappa shape index (κ1) is 12.2. The highest BCUT2D eigenvalue weighted by Gasteiger charge is 2.08. The fourth-order valence-corrected chi connectivity index (χ4v) is 2.26. The predicted molar refractivity (Wildman–Crippen MR) is 78.5 cm³/mol. The van der Waals surface area contributed by atoms with Crippen molar-refractivity contribution in [3.8, 4) is 11.5 Å². The summed E-state index contributed by atoms with van der Waals surface area (Å²) in [6, 6.07) is 13.7. The first-order valence-corrected chi connectivity index (χ1v) is 6.79. The molecule has 0 saturated carbocycles. The van der Waals surface area contributed by atoms with Gasteiger partial charge in [0.1, 0.15) is 5.52 Å². The molecule has 0 saturated heterocycles. The Kier molecular flexibility index (Phi) is 3.26. The molecule has 19 heavy (non-hydrogen) atoms. The minimum Gasteiger partial charge on any atom is -0.436 e. The predicted octanol–water partition coefficient (Wildman–Crippen LogP) is 5.10. The van der Waals surface area contributed by atoms with Gasteiger partial charge in [-0.25, -0.2) is 4.98 Å². The van der Waals surface area contributed by atoms with Gasteiger partial charge in [-0.05, 0) is 48.4 Å². The zero-order valence-electron chi connectivity index (χ0n) is 10.7. The van der Waals surface area contributed by atoms with Crippen LogP contribution in [0, 0.1) is 0 Å². The summed E-state index contributed by atoms with van der Waals surface area (Å²) in [5.74, 6) is 0.639. The van der Waals surface area contributed by atoms with E-state index in [9.17, 15) is 0 Å². The molecule has 0 aliphatic carbocycles. The van der Waals surface area contributed by atoms with Gasteiger partial charge in [0.15, 0.2) is 5.58 Å². The number of fused-ring (bicyclic) bond motifs is 1. The molecule has 0 atom stereocenters. The van der Waals surface area contributed by atoms with Crippen LogP contribution in [0.2, 0.25) is 5.02 Å². The van der Waals surface area contributed by atoms with E-state index >= 15 is 0 Å². The van der Waals surface area contributed by atoms with Crippen LogP contribution in [-0.4, -0.2) is 4.98 Å². The summed E-state index contributed by atoms with van der Waals surface area (Å²) in [5.41, 5.74) is 3.98. The van der Waals surface area contributed by atoms with Gasteiger partial charge in [-0.3, -0.25) is 0 Å². The Morgan fingerprint density at radius 1 is 1.11 bits per heavy atom. The molecule has 0 aliphatic rings. The van der Waals surface area contributed by atoms with Crippen LogP contribution in [0.5, 0.6) is 0 Å². The second-order valence-corrected chi connectivity index (χ2v) is 5.01. The number of hydrogen-bond donors (Lipinski definition) is 0. The maximum atomic E-state index is 5.88. The monoisotopic (exact) mass is 271 g/mol. The van der Waals surface area contributed by atoms with E-state index in [1.807, 2.05) is 30.3 Å². The van der Waals surface area contributed by atoms with Crippen LogP contribution < -0.4 is 0 Å². The number of benzene rings is 2. The van der Waals surface area contributed by atoms with Crippen LogP contribution in [0.15, 0.2) is 46.9 Å². The molecule has 0 N–H and O–H groups in total. The van der Waals surface area contributed by atoms with E-state index in [1.165, 1.54) is 5.56 Å². The van der Waals surface area contributed by atoms with Crippen molar-refractivity contribution in [2.75, 3.05) is 0 Å². The SMILES string of the molecule is CCCc1ccc2oc(-c3ccc(Cl)cc3)nc2c1. The summed E-state index contributed by atoms with van der Waals surface area (Å²) < 4.78 is 5.77. The van der Waals surface area contributed by atoms with Gasteiger partial charge in [-0.1, -0.05) is 31.0 Å². The number of aryl methyl sites for hydroxylation is 1. The lowest BCUT2D eigenvalue weighted by molar-refractivity contribution is 0.620. The third-order valence-corrected chi connectivity index (χ3v) is 3.33. The van der Waals surface area contributed by atoms with Gasteiger partial charge < -0.3 is 4.42 Å². The van der Waals surface area contributed by atoms with E-state index in [0.717, 1.165) is 29.5 Å². The molecule has 0 spiro atoms. The number of halogens is 1. The van der Waals surface area contributed by atoms with Gasteiger partial charge in [-0.15, -0.1) is 0 Å². The zero-order valence-corrected chi connectivity index (χ0v) is 11.4. The minimum absolute atomic E-state index is 0.639. The van der Waals surface area contributed by atoms with Crippen LogP contribution in [0.4, 0.5) is 0 Å². The molecule has 1 heterocycles. The standard InChI is InChI=1S/C16H14ClNO/c1-2-3-11-4-9-15-14(10-11)18-16(19-15)12-5-7-13(17)8-6-12/h4-10H,2-3H2,1H3. The second-order valence-electron chi connectivity index (χ2n) is 4.58.